The summed E-state index contributed by atoms with van der Waals surface area (Å²) in [4.78, 5) is 0. The van der Waals surface area contributed by atoms with Crippen LogP contribution in [0.4, 0.5) is 0 Å². The summed E-state index contributed by atoms with van der Waals surface area (Å²) in [6.45, 7) is 0. The van der Waals surface area contributed by atoms with Crippen LogP contribution in [0.2, 0.25) is 0 Å². The second-order valence-electron chi connectivity index (χ2n) is 32.3. The van der Waals surface area contributed by atoms with Crippen molar-refractivity contribution < 1.29 is 0 Å². The molecule has 0 N–H and O–H groups in total. The van der Waals surface area contributed by atoms with E-state index in [1.807, 2.05) is 0 Å². The molecule has 0 fully saturated rings. The summed E-state index contributed by atoms with van der Waals surface area (Å²) in [6.07, 6.45) is 0. The average molecular weight is 1580 g/mol. The van der Waals surface area contributed by atoms with Crippen LogP contribution in [0, 0.1) is 0 Å². The zero-order valence-electron chi connectivity index (χ0n) is 68.0. The number of rotatable bonds is 14. The first-order valence-corrected chi connectivity index (χ1v) is 42.7. The van der Waals surface area contributed by atoms with Crippen LogP contribution in [0.5, 0.6) is 0 Å². The van der Waals surface area contributed by atoms with Crippen molar-refractivity contribution in [2.45, 2.75) is 0 Å². The van der Waals surface area contributed by atoms with Crippen LogP contribution in [0.3, 0.4) is 0 Å². The Morgan fingerprint density at radius 1 is 0.0887 bits per heavy atom. The van der Waals surface area contributed by atoms with Gasteiger partial charge in [0.1, 0.15) is 0 Å². The number of benzene rings is 20. The van der Waals surface area contributed by atoms with Crippen LogP contribution in [0.1, 0.15) is 0 Å². The molecule has 24 rings (SSSR count). The molecule has 4 aromatic heterocycles. The van der Waals surface area contributed by atoms with Crippen LogP contribution in [-0.4, -0.2) is 18.3 Å². The minimum Gasteiger partial charge on any atom is -0.309 e. The lowest BCUT2D eigenvalue weighted by Gasteiger charge is -2.11. The van der Waals surface area contributed by atoms with Gasteiger partial charge in [0, 0.05) is 65.8 Å². The van der Waals surface area contributed by atoms with Crippen molar-refractivity contribution in [3.05, 3.63) is 485 Å². The maximum atomic E-state index is 2.41. The molecule has 0 radical (unpaired) electrons. The van der Waals surface area contributed by atoms with Crippen LogP contribution in [-0.2, 0) is 0 Å². The number of aromatic nitrogens is 4. The van der Waals surface area contributed by atoms with Crippen molar-refractivity contribution in [3.8, 4) is 134 Å². The van der Waals surface area contributed by atoms with Gasteiger partial charge in [-0.3, -0.25) is 0 Å². The monoisotopic (exact) mass is 1580 g/mol. The van der Waals surface area contributed by atoms with Gasteiger partial charge < -0.3 is 18.3 Å². The standard InChI is InChI=1S/2C60H40N2/c1-3-12-41(13-4-1)43-22-24-45(25-23-43)46-30-34-51(35-31-46)61-57-20-9-7-18-53(57)55-39-49(32-36-59(55)61)50-33-37-60-56(40-50)54-19-8-10-21-58(54)62(60)52-17-11-16-48(38-52)47-28-26-44(27-29-47)42-14-5-2-6-15-42;1-3-11-41(12-4-1)43-19-23-45(24-20-43)47-27-33-51(34-28-47)61-57-17-9-7-15-53(57)55-39-49(31-37-59(55)61)50-32-38-60-56(40-50)54-16-8-10-18-58(54)62(60)52-35-29-48(30-36-52)46-25-21-44(22-26-46)42-13-5-2-6-14-42/h2*1-40H. The number of hydrogen-bond acceptors (Lipinski definition) is 0. The van der Waals surface area contributed by atoms with Crippen LogP contribution in [0.25, 0.3) is 221 Å². The molecule has 0 aliphatic carbocycles. The highest BCUT2D eigenvalue weighted by Gasteiger charge is 2.21. The third-order valence-electron chi connectivity index (χ3n) is 25.1. The third kappa shape index (κ3) is 13.2. The SMILES string of the molecule is c1ccc(-c2ccc(-c3ccc(-n4c5ccccc5c5cc(-c6ccc7c(c6)c6ccccc6n7-c6ccc(-c7ccc(-c8ccccc8)cc7)cc6)ccc54)cc3)cc2)cc1.c1ccc(-c2ccc(-c3ccc(-n4c5ccccc5c5cc(-c6ccc7c(c6)c6ccccc6n7-c6cccc(-c7ccc(-c8ccccc8)cc7)c6)ccc54)cc3)cc2)cc1. The molecule has 580 valence electrons. The molecular formula is C120H80N4. The van der Waals surface area contributed by atoms with E-state index in [1.165, 1.54) is 198 Å². The Hall–Kier alpha value is -16.4. The summed E-state index contributed by atoms with van der Waals surface area (Å²) < 4.78 is 9.62. The minimum atomic E-state index is 1.15. The van der Waals surface area contributed by atoms with E-state index < -0.39 is 0 Å². The van der Waals surface area contributed by atoms with Gasteiger partial charge in [0.05, 0.1) is 44.1 Å². The summed E-state index contributed by atoms with van der Waals surface area (Å²) in [5, 5.41) is 9.97. The zero-order chi connectivity index (χ0) is 82.0. The predicted molar refractivity (Wildman–Crippen MR) is 525 cm³/mol. The molecule has 4 heteroatoms. The highest BCUT2D eigenvalue weighted by molar-refractivity contribution is 6.15. The van der Waals surface area contributed by atoms with Gasteiger partial charge in [0.25, 0.3) is 0 Å². The molecule has 0 aliphatic heterocycles. The van der Waals surface area contributed by atoms with Crippen LogP contribution >= 0.6 is 0 Å². The Morgan fingerprint density at radius 3 is 0.492 bits per heavy atom. The minimum absolute atomic E-state index is 1.15. The van der Waals surface area contributed by atoms with E-state index in [2.05, 4.69) is 504 Å². The zero-order valence-corrected chi connectivity index (χ0v) is 68.0. The Kier molecular flexibility index (Phi) is 18.2. The third-order valence-corrected chi connectivity index (χ3v) is 25.1. The summed E-state index contributed by atoms with van der Waals surface area (Å²) in [5.74, 6) is 0. The fraction of sp³-hybridized carbons (Fsp3) is 0. The fourth-order valence-electron chi connectivity index (χ4n) is 18.9. The number of fused-ring (bicyclic) bond motifs is 12. The first-order chi connectivity index (χ1) is 61.5. The molecule has 20 aromatic carbocycles. The molecule has 4 nitrogen and oxygen atoms in total. The quantitative estimate of drug-likeness (QED) is 0.103. The highest BCUT2D eigenvalue weighted by atomic mass is 15.0. The molecule has 24 aromatic rings. The van der Waals surface area contributed by atoms with Crippen molar-refractivity contribution in [2.75, 3.05) is 0 Å². The van der Waals surface area contributed by atoms with Gasteiger partial charge in [-0.2, -0.15) is 0 Å². The largest absolute Gasteiger partial charge is 0.309 e. The molecule has 124 heavy (non-hydrogen) atoms. The lowest BCUT2D eigenvalue weighted by molar-refractivity contribution is 1.18. The van der Waals surface area contributed by atoms with Gasteiger partial charge in [0.15, 0.2) is 0 Å². The average Bonchev–Trinajstić information content (AvgIpc) is 1.59. The van der Waals surface area contributed by atoms with E-state index in [1.54, 1.807) is 0 Å². The molecule has 0 bridgehead atoms. The lowest BCUT2D eigenvalue weighted by Crippen LogP contribution is -1.94. The molecule has 4 heterocycles. The summed E-state index contributed by atoms with van der Waals surface area (Å²) in [5.41, 5.74) is 38.5. The highest BCUT2D eigenvalue weighted by Crippen LogP contribution is 2.44. The van der Waals surface area contributed by atoms with Crippen molar-refractivity contribution in [1.29, 1.82) is 0 Å². The van der Waals surface area contributed by atoms with Crippen LogP contribution < -0.4 is 0 Å². The van der Waals surface area contributed by atoms with E-state index in [4.69, 9.17) is 0 Å². The molecule has 0 atom stereocenters. The Bertz CT molecular complexity index is 7860. The van der Waals surface area contributed by atoms with Gasteiger partial charge in [-0.1, -0.05) is 364 Å². The maximum absolute atomic E-state index is 2.41. The van der Waals surface area contributed by atoms with Gasteiger partial charge >= 0.3 is 0 Å². The Balaban J connectivity index is 0.000000143. The molecule has 0 saturated heterocycles. The fourth-order valence-corrected chi connectivity index (χ4v) is 18.9. The van der Waals surface area contributed by atoms with Crippen molar-refractivity contribution in [3.63, 3.8) is 0 Å². The van der Waals surface area contributed by atoms with Crippen LogP contribution in [0.15, 0.2) is 485 Å². The van der Waals surface area contributed by atoms with Gasteiger partial charge in [-0.15, -0.1) is 0 Å². The number of para-hydroxylation sites is 4. The first-order valence-electron chi connectivity index (χ1n) is 42.7. The number of hydrogen-bond donors (Lipinski definition) is 0. The number of nitrogens with zero attached hydrogens (tertiary/aromatic N) is 4. The van der Waals surface area contributed by atoms with E-state index >= 15 is 0 Å². The first kappa shape index (κ1) is 72.8. The van der Waals surface area contributed by atoms with E-state index in [0.717, 1.165) is 22.7 Å². The van der Waals surface area contributed by atoms with E-state index in [-0.39, 0.29) is 0 Å². The van der Waals surface area contributed by atoms with Crippen molar-refractivity contribution in [1.82, 2.24) is 18.3 Å². The second-order valence-corrected chi connectivity index (χ2v) is 32.3. The van der Waals surface area contributed by atoms with Crippen molar-refractivity contribution >= 4 is 87.2 Å². The summed E-state index contributed by atoms with van der Waals surface area (Å²) >= 11 is 0. The maximum Gasteiger partial charge on any atom is 0.0541 e. The Morgan fingerprint density at radius 2 is 0.250 bits per heavy atom. The molecule has 0 unspecified atom stereocenters. The van der Waals surface area contributed by atoms with Gasteiger partial charge in [-0.25, -0.2) is 0 Å². The predicted octanol–water partition coefficient (Wildman–Crippen LogP) is 32.4. The van der Waals surface area contributed by atoms with E-state index in [9.17, 15) is 0 Å². The molecule has 0 amide bonds. The van der Waals surface area contributed by atoms with Gasteiger partial charge in [-0.05, 0) is 233 Å². The summed E-state index contributed by atoms with van der Waals surface area (Å²) in [7, 11) is 0. The second kappa shape index (κ2) is 31.1. The molecular weight excluding hydrogens is 1500 g/mol. The topological polar surface area (TPSA) is 19.7 Å². The molecule has 0 aliphatic rings. The van der Waals surface area contributed by atoms with E-state index in [0.29, 0.717) is 0 Å². The smallest absolute Gasteiger partial charge is 0.0541 e. The molecule has 0 spiro atoms. The normalized spacial score (nSPS) is 11.5. The van der Waals surface area contributed by atoms with Gasteiger partial charge in [0.2, 0.25) is 0 Å². The summed E-state index contributed by atoms with van der Waals surface area (Å²) in [6, 6.07) is 177. The van der Waals surface area contributed by atoms with Crippen molar-refractivity contribution in [2.24, 2.45) is 0 Å². The Labute approximate surface area is 719 Å². The molecule has 0 saturated carbocycles. The lowest BCUT2D eigenvalue weighted by atomic mass is 10.00.